The molecule has 1 aromatic heterocycles. The zero-order chi connectivity index (χ0) is 19.4. The van der Waals surface area contributed by atoms with Gasteiger partial charge in [-0.2, -0.15) is 0 Å². The van der Waals surface area contributed by atoms with Crippen LogP contribution in [0.5, 0.6) is 0 Å². The molecule has 2 aromatic rings. The standard InChI is InChI=1S/C21H29N3O2S/c1-14(2)21(26)24-8-6-15(7-9-24)12-22-13-17-10-16-4-5-18(27-3)11-19(16)23-20(17)25/h4-5,10-11,14-15,22H,6-9,12-13H2,1-3H3,(H,23,25). The smallest absolute Gasteiger partial charge is 0.252 e. The molecular formula is C21H29N3O2S. The molecule has 6 heteroatoms. The molecule has 1 saturated heterocycles. The number of likely N-dealkylation sites (tertiary alicyclic amines) is 1. The molecule has 1 aromatic carbocycles. The number of carbonyl (C=O) groups excluding carboxylic acids is 1. The molecule has 0 radical (unpaired) electrons. The molecular weight excluding hydrogens is 358 g/mol. The number of pyridine rings is 1. The van der Waals surface area contributed by atoms with E-state index in [4.69, 9.17) is 0 Å². The van der Waals surface area contributed by atoms with Crippen molar-refractivity contribution < 1.29 is 4.79 Å². The van der Waals surface area contributed by atoms with Crippen LogP contribution in [0.15, 0.2) is 34.0 Å². The SMILES string of the molecule is CSc1ccc2cc(CNCC3CCN(C(=O)C(C)C)CC3)c(=O)[nH]c2c1. The summed E-state index contributed by atoms with van der Waals surface area (Å²) in [6.45, 7) is 7.06. The predicted molar refractivity (Wildman–Crippen MR) is 112 cm³/mol. The van der Waals surface area contributed by atoms with Crippen LogP contribution in [-0.2, 0) is 11.3 Å². The van der Waals surface area contributed by atoms with Crippen molar-refractivity contribution in [3.8, 4) is 0 Å². The zero-order valence-corrected chi connectivity index (χ0v) is 17.2. The van der Waals surface area contributed by atoms with Crippen LogP contribution in [-0.4, -0.2) is 41.7 Å². The lowest BCUT2D eigenvalue weighted by molar-refractivity contribution is -0.135. The van der Waals surface area contributed by atoms with Crippen molar-refractivity contribution in [2.45, 2.75) is 38.1 Å². The minimum atomic E-state index is -0.0226. The average Bonchev–Trinajstić information content (AvgIpc) is 2.67. The molecule has 2 heterocycles. The molecule has 0 saturated carbocycles. The number of fused-ring (bicyclic) bond motifs is 1. The molecule has 1 fully saturated rings. The number of amides is 1. The molecule has 27 heavy (non-hydrogen) atoms. The molecule has 1 aliphatic heterocycles. The third-order valence-corrected chi connectivity index (χ3v) is 6.02. The number of hydrogen-bond donors (Lipinski definition) is 2. The van der Waals surface area contributed by atoms with Gasteiger partial charge in [-0.05, 0) is 55.1 Å². The van der Waals surface area contributed by atoms with Gasteiger partial charge < -0.3 is 15.2 Å². The highest BCUT2D eigenvalue weighted by Gasteiger charge is 2.23. The maximum atomic E-state index is 12.4. The van der Waals surface area contributed by atoms with Crippen LogP contribution in [0.2, 0.25) is 0 Å². The van der Waals surface area contributed by atoms with E-state index in [1.54, 1.807) is 11.8 Å². The Hall–Kier alpha value is -1.79. The summed E-state index contributed by atoms with van der Waals surface area (Å²) in [7, 11) is 0. The Morgan fingerprint density at radius 3 is 2.70 bits per heavy atom. The van der Waals surface area contributed by atoms with Gasteiger partial charge in [-0.15, -0.1) is 11.8 Å². The second-order valence-electron chi connectivity index (χ2n) is 7.63. The van der Waals surface area contributed by atoms with Gasteiger partial charge in [0.05, 0.1) is 0 Å². The number of H-pyrrole nitrogens is 1. The summed E-state index contributed by atoms with van der Waals surface area (Å²) in [5, 5.41) is 4.50. The predicted octanol–water partition coefficient (Wildman–Crippen LogP) is 3.23. The monoisotopic (exact) mass is 387 g/mol. The summed E-state index contributed by atoms with van der Waals surface area (Å²) in [6.07, 6.45) is 4.08. The van der Waals surface area contributed by atoms with Crippen LogP contribution in [0.1, 0.15) is 32.3 Å². The van der Waals surface area contributed by atoms with E-state index in [9.17, 15) is 9.59 Å². The minimum Gasteiger partial charge on any atom is -0.342 e. The maximum absolute atomic E-state index is 12.4. The number of rotatable bonds is 6. The van der Waals surface area contributed by atoms with Gasteiger partial charge in [0.15, 0.2) is 0 Å². The van der Waals surface area contributed by atoms with Crippen molar-refractivity contribution in [2.75, 3.05) is 25.9 Å². The van der Waals surface area contributed by atoms with Crippen LogP contribution in [0.25, 0.3) is 10.9 Å². The lowest BCUT2D eigenvalue weighted by Crippen LogP contribution is -2.42. The average molecular weight is 388 g/mol. The van der Waals surface area contributed by atoms with Gasteiger partial charge >= 0.3 is 0 Å². The fourth-order valence-corrected chi connectivity index (χ4v) is 4.06. The highest BCUT2D eigenvalue weighted by Crippen LogP contribution is 2.21. The van der Waals surface area contributed by atoms with Crippen LogP contribution in [0, 0.1) is 11.8 Å². The van der Waals surface area contributed by atoms with E-state index in [2.05, 4.69) is 22.4 Å². The van der Waals surface area contributed by atoms with E-state index in [-0.39, 0.29) is 17.4 Å². The fraction of sp³-hybridized carbons (Fsp3) is 0.524. The lowest BCUT2D eigenvalue weighted by Gasteiger charge is -2.33. The quantitative estimate of drug-likeness (QED) is 0.747. The first kappa shape index (κ1) is 20.0. The number of piperidine rings is 1. The fourth-order valence-electron chi connectivity index (χ4n) is 3.62. The largest absolute Gasteiger partial charge is 0.342 e. The highest BCUT2D eigenvalue weighted by atomic mass is 32.2. The Kier molecular flexibility index (Phi) is 6.60. The van der Waals surface area contributed by atoms with E-state index in [1.165, 1.54) is 0 Å². The summed E-state index contributed by atoms with van der Waals surface area (Å²) >= 11 is 1.67. The number of aromatic amines is 1. The van der Waals surface area contributed by atoms with Crippen LogP contribution in [0.3, 0.4) is 0 Å². The van der Waals surface area contributed by atoms with Crippen molar-refractivity contribution in [2.24, 2.45) is 11.8 Å². The van der Waals surface area contributed by atoms with Gasteiger partial charge in [0.25, 0.3) is 5.56 Å². The van der Waals surface area contributed by atoms with Crippen LogP contribution < -0.4 is 10.9 Å². The minimum absolute atomic E-state index is 0.0226. The molecule has 0 spiro atoms. The van der Waals surface area contributed by atoms with Gasteiger partial charge in [0.2, 0.25) is 5.91 Å². The maximum Gasteiger partial charge on any atom is 0.252 e. The molecule has 146 valence electrons. The molecule has 0 atom stereocenters. The van der Waals surface area contributed by atoms with E-state index >= 15 is 0 Å². The number of hydrogen-bond acceptors (Lipinski definition) is 4. The summed E-state index contributed by atoms with van der Waals surface area (Å²) in [5.41, 5.74) is 1.63. The van der Waals surface area contributed by atoms with Crippen LogP contribution in [0.4, 0.5) is 0 Å². The summed E-state index contributed by atoms with van der Waals surface area (Å²) in [5.74, 6) is 0.893. The Morgan fingerprint density at radius 1 is 1.30 bits per heavy atom. The van der Waals surface area contributed by atoms with E-state index in [1.807, 2.05) is 37.1 Å². The van der Waals surface area contributed by atoms with Gasteiger partial charge in [-0.25, -0.2) is 0 Å². The normalized spacial score (nSPS) is 15.6. The molecule has 1 aliphatic rings. The molecule has 1 amide bonds. The van der Waals surface area contributed by atoms with Gasteiger partial charge in [-0.3, -0.25) is 9.59 Å². The second kappa shape index (κ2) is 8.93. The summed E-state index contributed by atoms with van der Waals surface area (Å²) in [4.78, 5) is 30.5. The first-order valence-corrected chi connectivity index (χ1v) is 10.9. The lowest BCUT2D eigenvalue weighted by atomic mass is 9.96. The Bertz CT molecular complexity index is 854. The molecule has 5 nitrogen and oxygen atoms in total. The number of carbonyl (C=O) groups is 1. The van der Waals surface area contributed by atoms with Crippen molar-refractivity contribution >= 4 is 28.6 Å². The highest BCUT2D eigenvalue weighted by molar-refractivity contribution is 7.98. The Labute approximate surface area is 164 Å². The molecule has 0 aliphatic carbocycles. The van der Waals surface area contributed by atoms with Gasteiger partial charge in [0, 0.05) is 41.5 Å². The van der Waals surface area contributed by atoms with E-state index in [0.29, 0.717) is 12.5 Å². The van der Waals surface area contributed by atoms with Crippen molar-refractivity contribution in [1.29, 1.82) is 0 Å². The Morgan fingerprint density at radius 2 is 2.04 bits per heavy atom. The number of thioether (sulfide) groups is 1. The number of nitrogens with zero attached hydrogens (tertiary/aromatic N) is 1. The summed E-state index contributed by atoms with van der Waals surface area (Å²) in [6, 6.07) is 8.14. The number of nitrogens with one attached hydrogen (secondary N) is 2. The van der Waals surface area contributed by atoms with E-state index < -0.39 is 0 Å². The van der Waals surface area contributed by atoms with Crippen molar-refractivity contribution in [3.05, 3.63) is 40.2 Å². The third-order valence-electron chi connectivity index (χ3n) is 5.30. The first-order chi connectivity index (χ1) is 13.0. The topological polar surface area (TPSA) is 65.2 Å². The Balaban J connectivity index is 1.53. The van der Waals surface area contributed by atoms with Crippen molar-refractivity contribution in [1.82, 2.24) is 15.2 Å². The van der Waals surface area contributed by atoms with Crippen LogP contribution >= 0.6 is 11.8 Å². The zero-order valence-electron chi connectivity index (χ0n) is 16.4. The second-order valence-corrected chi connectivity index (χ2v) is 8.51. The first-order valence-electron chi connectivity index (χ1n) is 9.67. The van der Waals surface area contributed by atoms with E-state index in [0.717, 1.165) is 53.8 Å². The summed E-state index contributed by atoms with van der Waals surface area (Å²) < 4.78 is 0. The van der Waals surface area contributed by atoms with Gasteiger partial charge in [0.1, 0.15) is 0 Å². The van der Waals surface area contributed by atoms with Gasteiger partial charge in [-0.1, -0.05) is 19.9 Å². The number of benzene rings is 1. The third kappa shape index (κ3) is 4.93. The molecule has 0 bridgehead atoms. The van der Waals surface area contributed by atoms with Crippen molar-refractivity contribution in [3.63, 3.8) is 0 Å². The molecule has 3 rings (SSSR count). The molecule has 2 N–H and O–H groups in total. The molecule has 0 unspecified atom stereocenters. The number of aromatic nitrogens is 1.